The number of para-hydroxylation sites is 1. The minimum absolute atomic E-state index is 0.0155. The number of likely N-dealkylation sites (tertiary alicyclic amines) is 1. The number of benzene rings is 2. The van der Waals surface area contributed by atoms with Gasteiger partial charge in [-0.15, -0.1) is 0 Å². The maximum Gasteiger partial charge on any atom is 0.418 e. The Labute approximate surface area is 332 Å². The average molecular weight is 797 g/mol. The number of alkyl halides is 3. The van der Waals surface area contributed by atoms with E-state index in [-0.39, 0.29) is 85.0 Å². The van der Waals surface area contributed by atoms with Crippen LogP contribution in [0.25, 0.3) is 10.9 Å². The second-order valence-corrected chi connectivity index (χ2v) is 16.4. The third-order valence-corrected chi connectivity index (χ3v) is 12.7. The molecule has 0 bridgehead atoms. The normalized spacial score (nSPS) is 19.6. The number of fused-ring (bicyclic) bond motifs is 3. The molecule has 0 saturated carbocycles. The molecule has 1 saturated heterocycles. The Morgan fingerprint density at radius 1 is 0.912 bits per heavy atom. The molecule has 0 radical (unpaired) electrons. The van der Waals surface area contributed by atoms with Crippen molar-refractivity contribution in [3.63, 3.8) is 0 Å². The lowest BCUT2D eigenvalue weighted by Gasteiger charge is -2.39. The Balaban J connectivity index is 1.45. The fraction of sp³-hybridized carbons (Fsp3) is 0.568. The zero-order valence-electron chi connectivity index (χ0n) is 33.6. The summed E-state index contributed by atoms with van der Waals surface area (Å²) in [6, 6.07) is 9.84. The molecular weight excluding hydrogens is 740 g/mol. The van der Waals surface area contributed by atoms with Crippen molar-refractivity contribution in [1.29, 1.82) is 0 Å². The van der Waals surface area contributed by atoms with Crippen LogP contribution in [0.15, 0.2) is 42.5 Å². The number of rotatable bonds is 16. The van der Waals surface area contributed by atoms with E-state index < -0.39 is 46.6 Å². The summed E-state index contributed by atoms with van der Waals surface area (Å²) in [6.45, 7) is 10.7. The van der Waals surface area contributed by atoms with Crippen molar-refractivity contribution < 1.29 is 41.5 Å². The summed E-state index contributed by atoms with van der Waals surface area (Å²) in [5.41, 5.74) is -1.25. The Kier molecular flexibility index (Phi) is 14.0. The van der Waals surface area contributed by atoms with E-state index in [1.165, 1.54) is 31.2 Å². The van der Waals surface area contributed by atoms with Crippen LogP contribution in [0.2, 0.25) is 0 Å². The van der Waals surface area contributed by atoms with E-state index in [1.807, 2.05) is 27.7 Å². The lowest BCUT2D eigenvalue weighted by molar-refractivity contribution is -0.139. The number of amides is 3. The highest BCUT2D eigenvalue weighted by Gasteiger charge is 2.47. The molecule has 9 nitrogen and oxygen atoms in total. The van der Waals surface area contributed by atoms with Gasteiger partial charge in [-0.1, -0.05) is 70.9 Å². The highest BCUT2D eigenvalue weighted by molar-refractivity contribution is 5.99. The van der Waals surface area contributed by atoms with E-state index in [9.17, 15) is 41.5 Å². The van der Waals surface area contributed by atoms with E-state index in [1.54, 1.807) is 17.0 Å². The maximum absolute atomic E-state index is 14.9. The van der Waals surface area contributed by atoms with E-state index in [0.717, 1.165) is 18.9 Å². The largest absolute Gasteiger partial charge is 0.418 e. The molecule has 2 heterocycles. The van der Waals surface area contributed by atoms with Crippen LogP contribution in [-0.2, 0) is 49.4 Å². The Morgan fingerprint density at radius 3 is 2.18 bits per heavy atom. The number of H-pyrrole nitrogens is 1. The van der Waals surface area contributed by atoms with Gasteiger partial charge in [0.25, 0.3) is 0 Å². The molecular formula is C44H56F4N4O5. The van der Waals surface area contributed by atoms with Crippen molar-refractivity contribution in [2.75, 3.05) is 19.6 Å². The monoisotopic (exact) mass is 796 g/mol. The number of nitrogens with one attached hydrogen (secondary N) is 3. The standard InChI is InChI=1S/C44H56F4N4O5/c1-6-26(3)33(22-31(54)21-30-11-8-9-14-37(30)45)42(57)51-43(18-15-38-35(24-43)32-12-10-13-36(40(32)50-38)44(46,47)48)39(55)23-34(27(4)7-2)41(56)49-25-29-16-19-52(20-17-29)28(5)53/h8-14,26-27,29,33-34,50H,6-7,15-25H2,1-5H3,(H,49,56)(H,51,57)/t26?,27?,33-,34-,43+/m0/s1. The molecule has 1 fully saturated rings. The van der Waals surface area contributed by atoms with Crippen molar-refractivity contribution in [1.82, 2.24) is 20.5 Å². The lowest BCUT2D eigenvalue weighted by Crippen LogP contribution is -2.60. The van der Waals surface area contributed by atoms with Crippen LogP contribution >= 0.6 is 0 Å². The van der Waals surface area contributed by atoms with E-state index >= 15 is 0 Å². The predicted octanol–water partition coefficient (Wildman–Crippen LogP) is 7.53. The summed E-state index contributed by atoms with van der Waals surface area (Å²) in [7, 11) is 0. The second kappa shape index (κ2) is 18.4. The van der Waals surface area contributed by atoms with Crippen molar-refractivity contribution in [3.8, 4) is 0 Å². The predicted molar refractivity (Wildman–Crippen MR) is 209 cm³/mol. The summed E-state index contributed by atoms with van der Waals surface area (Å²) < 4.78 is 56.8. The number of carbonyl (C=O) groups excluding carboxylic acids is 5. The highest BCUT2D eigenvalue weighted by atomic mass is 19.4. The first-order valence-corrected chi connectivity index (χ1v) is 20.3. The minimum atomic E-state index is -4.63. The maximum atomic E-state index is 14.9. The summed E-state index contributed by atoms with van der Waals surface area (Å²) in [5, 5.41) is 6.41. The number of Topliss-reactive ketones (excluding diaryl/α,β-unsaturated/α-hetero) is 2. The molecule has 3 N–H and O–H groups in total. The topological polar surface area (TPSA) is 128 Å². The minimum Gasteiger partial charge on any atom is -0.358 e. The molecule has 1 aliphatic heterocycles. The van der Waals surface area contributed by atoms with Gasteiger partial charge in [0.15, 0.2) is 5.78 Å². The molecule has 2 aliphatic rings. The first kappa shape index (κ1) is 43.6. The summed E-state index contributed by atoms with van der Waals surface area (Å²) in [4.78, 5) is 73.2. The van der Waals surface area contributed by atoms with E-state index in [2.05, 4.69) is 15.6 Å². The van der Waals surface area contributed by atoms with Crippen LogP contribution in [0.1, 0.15) is 102 Å². The fourth-order valence-electron chi connectivity index (χ4n) is 8.52. The van der Waals surface area contributed by atoms with Gasteiger partial charge in [0.2, 0.25) is 17.7 Å². The zero-order chi connectivity index (χ0) is 41.7. The Morgan fingerprint density at radius 2 is 1.56 bits per heavy atom. The third kappa shape index (κ3) is 10.1. The number of hydrogen-bond acceptors (Lipinski definition) is 5. The third-order valence-electron chi connectivity index (χ3n) is 12.7. The van der Waals surface area contributed by atoms with Gasteiger partial charge < -0.3 is 20.5 Å². The molecule has 2 unspecified atom stereocenters. The molecule has 310 valence electrons. The number of aromatic amines is 1. The SMILES string of the molecule is CCC(C)[C@H](CC(=O)[C@@]1(NC(=O)[C@@H](CC(=O)Cc2ccccc2F)C(C)CC)CCc2[nH]c3c(C(F)(F)F)cccc3c2C1)C(=O)NCC1CCN(C(C)=O)CC1. The Bertz CT molecular complexity index is 1950. The molecule has 57 heavy (non-hydrogen) atoms. The second-order valence-electron chi connectivity index (χ2n) is 16.4. The van der Waals surface area contributed by atoms with E-state index in [0.29, 0.717) is 49.1 Å². The van der Waals surface area contributed by atoms with Crippen LogP contribution in [0.3, 0.4) is 0 Å². The van der Waals surface area contributed by atoms with Gasteiger partial charge in [0, 0.05) is 75.2 Å². The molecule has 13 heteroatoms. The van der Waals surface area contributed by atoms with Crippen molar-refractivity contribution in [2.24, 2.45) is 29.6 Å². The first-order chi connectivity index (χ1) is 27.0. The molecule has 0 spiro atoms. The lowest BCUT2D eigenvalue weighted by atomic mass is 9.72. The molecule has 3 amide bonds. The van der Waals surface area contributed by atoms with Gasteiger partial charge in [-0.25, -0.2) is 4.39 Å². The molecule has 1 aromatic heterocycles. The zero-order valence-corrected chi connectivity index (χ0v) is 33.6. The fourth-order valence-corrected chi connectivity index (χ4v) is 8.52. The van der Waals surface area contributed by atoms with Crippen LogP contribution < -0.4 is 10.6 Å². The summed E-state index contributed by atoms with van der Waals surface area (Å²) >= 11 is 0. The van der Waals surface area contributed by atoms with Gasteiger partial charge in [-0.3, -0.25) is 24.0 Å². The van der Waals surface area contributed by atoms with Gasteiger partial charge in [0.1, 0.15) is 17.1 Å². The number of carbonyl (C=O) groups is 5. The number of halogens is 4. The number of ketones is 2. The smallest absolute Gasteiger partial charge is 0.358 e. The Hall–Kier alpha value is -4.55. The van der Waals surface area contributed by atoms with Crippen molar-refractivity contribution in [2.45, 2.75) is 111 Å². The van der Waals surface area contributed by atoms with Gasteiger partial charge in [0.05, 0.1) is 11.1 Å². The van der Waals surface area contributed by atoms with Crippen LogP contribution in [0.5, 0.6) is 0 Å². The summed E-state index contributed by atoms with van der Waals surface area (Å²) in [5.74, 6) is -4.06. The molecule has 5 atom stereocenters. The van der Waals surface area contributed by atoms with Gasteiger partial charge in [-0.2, -0.15) is 13.2 Å². The molecule has 5 rings (SSSR count). The van der Waals surface area contributed by atoms with Crippen molar-refractivity contribution >= 4 is 40.2 Å². The van der Waals surface area contributed by atoms with Crippen molar-refractivity contribution in [3.05, 3.63) is 70.7 Å². The molecule has 1 aliphatic carbocycles. The number of aryl methyl sites for hydroxylation is 1. The van der Waals surface area contributed by atoms with Gasteiger partial charge >= 0.3 is 6.18 Å². The van der Waals surface area contributed by atoms with Crippen LogP contribution in [-0.4, -0.2) is 64.3 Å². The number of nitrogens with zero attached hydrogens (tertiary/aromatic N) is 1. The van der Waals surface area contributed by atoms with Gasteiger partial charge in [-0.05, 0) is 66.7 Å². The average Bonchev–Trinajstić information content (AvgIpc) is 3.55. The number of aromatic nitrogens is 1. The molecule has 2 aromatic carbocycles. The van der Waals surface area contributed by atoms with Crippen LogP contribution in [0, 0.1) is 35.4 Å². The number of piperidine rings is 1. The number of hydrogen-bond donors (Lipinski definition) is 3. The van der Waals surface area contributed by atoms with E-state index in [4.69, 9.17) is 0 Å². The first-order valence-electron chi connectivity index (χ1n) is 20.3. The quantitative estimate of drug-likeness (QED) is 0.129. The van der Waals surface area contributed by atoms with Crippen LogP contribution in [0.4, 0.5) is 17.6 Å². The highest BCUT2D eigenvalue weighted by Crippen LogP contribution is 2.41. The summed E-state index contributed by atoms with van der Waals surface area (Å²) in [6.07, 6.45) is -2.52. The molecule has 3 aromatic rings.